The number of pyridine rings is 1. The van der Waals surface area contributed by atoms with Crippen molar-refractivity contribution in [1.29, 1.82) is 0 Å². The number of hydrogen-bond donors (Lipinski definition) is 0. The molecule has 1 saturated heterocycles. The van der Waals surface area contributed by atoms with E-state index in [1.54, 1.807) is 6.20 Å². The SMILES string of the molecule is CC(C)N1CCC(N(C)c2ccnc3cc(F)ccc23)CC1. The number of anilines is 1. The van der Waals surface area contributed by atoms with Crippen LogP contribution in [0.15, 0.2) is 30.5 Å². The highest BCUT2D eigenvalue weighted by molar-refractivity contribution is 5.91. The summed E-state index contributed by atoms with van der Waals surface area (Å²) in [7, 11) is 2.15. The lowest BCUT2D eigenvalue weighted by Gasteiger charge is -2.39. The molecule has 0 spiro atoms. The van der Waals surface area contributed by atoms with Crippen molar-refractivity contribution < 1.29 is 4.39 Å². The van der Waals surface area contributed by atoms with E-state index in [2.05, 4.69) is 35.7 Å². The fourth-order valence-corrected chi connectivity index (χ4v) is 3.40. The van der Waals surface area contributed by atoms with Crippen LogP contribution < -0.4 is 4.90 Å². The summed E-state index contributed by atoms with van der Waals surface area (Å²) in [6.07, 6.45) is 4.11. The third-order valence-corrected chi connectivity index (χ3v) is 4.84. The van der Waals surface area contributed by atoms with Gasteiger partial charge in [-0.2, -0.15) is 0 Å². The summed E-state index contributed by atoms with van der Waals surface area (Å²) in [4.78, 5) is 9.17. The highest BCUT2D eigenvalue weighted by Crippen LogP contribution is 2.29. The van der Waals surface area contributed by atoms with Gasteiger partial charge in [0, 0.05) is 55.6 Å². The van der Waals surface area contributed by atoms with Gasteiger partial charge in [-0.15, -0.1) is 0 Å². The van der Waals surface area contributed by atoms with Crippen molar-refractivity contribution in [2.45, 2.75) is 38.8 Å². The molecule has 1 aliphatic rings. The molecule has 2 aromatic rings. The van der Waals surface area contributed by atoms with Gasteiger partial charge in [-0.3, -0.25) is 4.98 Å². The Balaban J connectivity index is 1.82. The van der Waals surface area contributed by atoms with Crippen molar-refractivity contribution in [2.24, 2.45) is 0 Å². The van der Waals surface area contributed by atoms with Crippen molar-refractivity contribution in [3.63, 3.8) is 0 Å². The van der Waals surface area contributed by atoms with Crippen LogP contribution in [-0.4, -0.2) is 42.1 Å². The van der Waals surface area contributed by atoms with E-state index < -0.39 is 0 Å². The monoisotopic (exact) mass is 301 g/mol. The minimum Gasteiger partial charge on any atom is -0.371 e. The molecule has 0 unspecified atom stereocenters. The van der Waals surface area contributed by atoms with Crippen molar-refractivity contribution in [1.82, 2.24) is 9.88 Å². The van der Waals surface area contributed by atoms with Crippen LogP contribution in [0.2, 0.25) is 0 Å². The lowest BCUT2D eigenvalue weighted by Crippen LogP contribution is -2.45. The predicted molar refractivity (Wildman–Crippen MR) is 89.8 cm³/mol. The number of piperidine rings is 1. The smallest absolute Gasteiger partial charge is 0.125 e. The molecule has 1 aliphatic heterocycles. The molecular formula is C18H24FN3. The molecule has 22 heavy (non-hydrogen) atoms. The molecule has 0 aliphatic carbocycles. The van der Waals surface area contributed by atoms with Crippen molar-refractivity contribution in [3.8, 4) is 0 Å². The van der Waals surface area contributed by atoms with Crippen molar-refractivity contribution >= 4 is 16.6 Å². The number of halogens is 1. The van der Waals surface area contributed by atoms with E-state index in [-0.39, 0.29) is 5.82 Å². The molecular weight excluding hydrogens is 277 g/mol. The molecule has 0 bridgehead atoms. The third-order valence-electron chi connectivity index (χ3n) is 4.84. The number of benzene rings is 1. The summed E-state index contributed by atoms with van der Waals surface area (Å²) < 4.78 is 13.4. The second kappa shape index (κ2) is 6.21. The Labute approximate surface area is 131 Å². The van der Waals surface area contributed by atoms with Crippen LogP contribution in [0.5, 0.6) is 0 Å². The molecule has 118 valence electrons. The average molecular weight is 301 g/mol. The summed E-state index contributed by atoms with van der Waals surface area (Å²) in [5.74, 6) is -0.231. The Bertz CT molecular complexity index is 648. The van der Waals surface area contributed by atoms with Gasteiger partial charge in [0.15, 0.2) is 0 Å². The zero-order valence-corrected chi connectivity index (χ0v) is 13.6. The molecule has 3 rings (SSSR count). The van der Waals surface area contributed by atoms with E-state index in [9.17, 15) is 4.39 Å². The lowest BCUT2D eigenvalue weighted by atomic mass is 10.0. The Morgan fingerprint density at radius 3 is 2.64 bits per heavy atom. The minimum atomic E-state index is -0.231. The van der Waals surface area contributed by atoms with E-state index in [4.69, 9.17) is 0 Å². The van der Waals surface area contributed by atoms with Crippen LogP contribution >= 0.6 is 0 Å². The van der Waals surface area contributed by atoms with E-state index in [0.29, 0.717) is 12.1 Å². The highest BCUT2D eigenvalue weighted by atomic mass is 19.1. The van der Waals surface area contributed by atoms with Crippen LogP contribution in [0.1, 0.15) is 26.7 Å². The number of nitrogens with zero attached hydrogens (tertiary/aromatic N) is 3. The summed E-state index contributed by atoms with van der Waals surface area (Å²) in [6, 6.07) is 8.06. The van der Waals surface area contributed by atoms with Crippen LogP contribution in [0.4, 0.5) is 10.1 Å². The maximum absolute atomic E-state index is 13.4. The third kappa shape index (κ3) is 2.93. The van der Waals surface area contributed by atoms with Gasteiger partial charge in [0.05, 0.1) is 5.52 Å². The first-order valence-electron chi connectivity index (χ1n) is 8.07. The van der Waals surface area contributed by atoms with Gasteiger partial charge in [-0.1, -0.05) is 0 Å². The number of fused-ring (bicyclic) bond motifs is 1. The predicted octanol–water partition coefficient (Wildman–Crippen LogP) is 3.68. The molecule has 1 fully saturated rings. The fourth-order valence-electron chi connectivity index (χ4n) is 3.40. The Kier molecular flexibility index (Phi) is 4.30. The van der Waals surface area contributed by atoms with E-state index in [1.165, 1.54) is 25.0 Å². The Hall–Kier alpha value is -1.68. The van der Waals surface area contributed by atoms with E-state index >= 15 is 0 Å². The second-order valence-electron chi connectivity index (χ2n) is 6.46. The van der Waals surface area contributed by atoms with Gasteiger partial charge in [0.25, 0.3) is 0 Å². The summed E-state index contributed by atoms with van der Waals surface area (Å²) in [5.41, 5.74) is 1.87. The van der Waals surface area contributed by atoms with Crippen LogP contribution in [0.25, 0.3) is 10.9 Å². The standard InChI is InChI=1S/C18H24FN3/c1-13(2)22-10-7-15(8-11-22)21(3)18-6-9-20-17-12-14(19)4-5-16(17)18/h4-6,9,12-13,15H,7-8,10-11H2,1-3H3. The van der Waals surface area contributed by atoms with E-state index in [0.717, 1.165) is 29.7 Å². The quantitative estimate of drug-likeness (QED) is 0.862. The first kappa shape index (κ1) is 15.2. The minimum absolute atomic E-state index is 0.231. The molecule has 3 nitrogen and oxygen atoms in total. The van der Waals surface area contributed by atoms with Gasteiger partial charge in [0.1, 0.15) is 5.82 Å². The topological polar surface area (TPSA) is 19.4 Å². The average Bonchev–Trinajstić information content (AvgIpc) is 2.53. The Morgan fingerprint density at radius 1 is 1.23 bits per heavy atom. The highest BCUT2D eigenvalue weighted by Gasteiger charge is 2.24. The number of rotatable bonds is 3. The van der Waals surface area contributed by atoms with Gasteiger partial charge in [0.2, 0.25) is 0 Å². The van der Waals surface area contributed by atoms with Crippen LogP contribution in [0.3, 0.4) is 0 Å². The maximum atomic E-state index is 13.4. The summed E-state index contributed by atoms with van der Waals surface area (Å²) in [5, 5.41) is 1.03. The summed E-state index contributed by atoms with van der Waals surface area (Å²) in [6.45, 7) is 6.80. The molecule has 0 N–H and O–H groups in total. The fraction of sp³-hybridized carbons (Fsp3) is 0.500. The molecule has 0 radical (unpaired) electrons. The lowest BCUT2D eigenvalue weighted by molar-refractivity contribution is 0.171. The molecule has 1 aromatic carbocycles. The van der Waals surface area contributed by atoms with Gasteiger partial charge >= 0.3 is 0 Å². The zero-order chi connectivity index (χ0) is 15.7. The molecule has 2 heterocycles. The normalized spacial score (nSPS) is 17.3. The second-order valence-corrected chi connectivity index (χ2v) is 6.46. The molecule has 0 saturated carbocycles. The first-order valence-corrected chi connectivity index (χ1v) is 8.07. The number of hydrogen-bond acceptors (Lipinski definition) is 3. The van der Waals surface area contributed by atoms with Gasteiger partial charge in [-0.25, -0.2) is 4.39 Å². The molecule has 0 atom stereocenters. The van der Waals surface area contributed by atoms with Gasteiger partial charge < -0.3 is 9.80 Å². The molecule has 4 heteroatoms. The molecule has 0 amide bonds. The molecule has 1 aromatic heterocycles. The largest absolute Gasteiger partial charge is 0.371 e. The van der Waals surface area contributed by atoms with Crippen molar-refractivity contribution in [2.75, 3.05) is 25.0 Å². The number of aromatic nitrogens is 1. The van der Waals surface area contributed by atoms with Crippen molar-refractivity contribution in [3.05, 3.63) is 36.3 Å². The maximum Gasteiger partial charge on any atom is 0.125 e. The van der Waals surface area contributed by atoms with Gasteiger partial charge in [-0.05, 0) is 44.9 Å². The summed E-state index contributed by atoms with van der Waals surface area (Å²) >= 11 is 0. The zero-order valence-electron chi connectivity index (χ0n) is 13.6. The Morgan fingerprint density at radius 2 is 1.95 bits per heavy atom. The first-order chi connectivity index (χ1) is 10.6. The van der Waals surface area contributed by atoms with E-state index in [1.807, 2.05) is 12.1 Å². The number of likely N-dealkylation sites (tertiary alicyclic amines) is 1. The van der Waals surface area contributed by atoms with Crippen LogP contribution in [0, 0.1) is 5.82 Å². The van der Waals surface area contributed by atoms with Crippen LogP contribution in [-0.2, 0) is 0 Å².